The molecule has 0 atom stereocenters. The predicted octanol–water partition coefficient (Wildman–Crippen LogP) is 5.42. The molecule has 124 valence electrons. The molecule has 0 aliphatic heterocycles. The van der Waals surface area contributed by atoms with Crippen LogP contribution in [0.25, 0.3) is 0 Å². The van der Waals surface area contributed by atoms with Crippen LogP contribution in [-0.2, 0) is 4.74 Å². The number of hydrogen-bond acceptors (Lipinski definition) is 3. The lowest BCUT2D eigenvalue weighted by atomic mass is 10.2. The molecule has 22 heavy (non-hydrogen) atoms. The number of benzene rings is 1. The summed E-state index contributed by atoms with van der Waals surface area (Å²) in [6.07, 6.45) is 0. The molecule has 0 saturated carbocycles. The molecule has 0 unspecified atom stereocenters. The second-order valence-corrected chi connectivity index (χ2v) is 12.0. The Kier molecular flexibility index (Phi) is 6.66. The van der Waals surface area contributed by atoms with Gasteiger partial charge in [0.25, 0.3) is 8.32 Å². The summed E-state index contributed by atoms with van der Waals surface area (Å²) < 4.78 is 11.6. The van der Waals surface area contributed by atoms with Gasteiger partial charge in [0.1, 0.15) is 5.75 Å². The third-order valence-corrected chi connectivity index (χ3v) is 10.4. The average Bonchev–Trinajstić information content (AvgIpc) is 2.44. The Morgan fingerprint density at radius 2 is 1.41 bits per heavy atom. The first-order valence-electron chi connectivity index (χ1n) is 8.21. The predicted molar refractivity (Wildman–Crippen MR) is 94.1 cm³/mol. The van der Waals surface area contributed by atoms with Crippen molar-refractivity contribution in [3.63, 3.8) is 0 Å². The standard InChI is InChI=1S/C18H30O3Si/c1-8-20-18(19)16-9-11-17(12-10-16)21-22(13(2)3,14(4)5)15(6)7/h9-15H,8H2,1-7H3. The SMILES string of the molecule is CCOC(=O)c1ccc(O[Si](C(C)C)(C(C)C)C(C)C)cc1. The Bertz CT molecular complexity index is 456. The molecule has 1 aromatic carbocycles. The maximum Gasteiger partial charge on any atom is 0.338 e. The van der Waals surface area contributed by atoms with Crippen molar-refractivity contribution in [1.82, 2.24) is 0 Å². The average molecular weight is 323 g/mol. The molecule has 3 nitrogen and oxygen atoms in total. The van der Waals surface area contributed by atoms with E-state index in [1.54, 1.807) is 12.1 Å². The number of carbonyl (C=O) groups excluding carboxylic acids is 1. The molecule has 0 saturated heterocycles. The lowest BCUT2D eigenvalue weighted by molar-refractivity contribution is 0.0526. The Morgan fingerprint density at radius 1 is 0.955 bits per heavy atom. The minimum Gasteiger partial charge on any atom is -0.543 e. The van der Waals surface area contributed by atoms with Gasteiger partial charge in [-0.05, 0) is 47.8 Å². The van der Waals surface area contributed by atoms with Gasteiger partial charge in [-0.3, -0.25) is 0 Å². The lowest BCUT2D eigenvalue weighted by Crippen LogP contribution is -2.50. The maximum absolute atomic E-state index is 11.7. The molecular weight excluding hydrogens is 292 g/mol. The van der Waals surface area contributed by atoms with Gasteiger partial charge in [0.15, 0.2) is 0 Å². The van der Waals surface area contributed by atoms with Gasteiger partial charge in [0.2, 0.25) is 0 Å². The number of rotatable bonds is 7. The normalized spacial score (nSPS) is 12.1. The Morgan fingerprint density at radius 3 is 1.77 bits per heavy atom. The topological polar surface area (TPSA) is 35.5 Å². The summed E-state index contributed by atoms with van der Waals surface area (Å²) in [5.74, 6) is 0.574. The van der Waals surface area contributed by atoms with Crippen molar-refractivity contribution in [2.45, 2.75) is 65.1 Å². The van der Waals surface area contributed by atoms with Gasteiger partial charge in [0, 0.05) is 0 Å². The van der Waals surface area contributed by atoms with Crippen LogP contribution < -0.4 is 4.43 Å². The van der Waals surface area contributed by atoms with Crippen molar-refractivity contribution in [2.24, 2.45) is 0 Å². The van der Waals surface area contributed by atoms with Gasteiger partial charge in [0.05, 0.1) is 12.2 Å². The van der Waals surface area contributed by atoms with E-state index in [1.165, 1.54) is 0 Å². The van der Waals surface area contributed by atoms with Crippen molar-refractivity contribution in [1.29, 1.82) is 0 Å². The van der Waals surface area contributed by atoms with Gasteiger partial charge >= 0.3 is 5.97 Å². The zero-order valence-corrected chi connectivity index (χ0v) is 16.0. The van der Waals surface area contributed by atoms with Crippen LogP contribution in [0.4, 0.5) is 0 Å². The fraction of sp³-hybridized carbons (Fsp3) is 0.611. The molecule has 0 bridgehead atoms. The second kappa shape index (κ2) is 7.81. The van der Waals surface area contributed by atoms with Crippen LogP contribution in [-0.4, -0.2) is 20.9 Å². The highest BCUT2D eigenvalue weighted by molar-refractivity contribution is 6.78. The number of esters is 1. The van der Waals surface area contributed by atoms with Crippen molar-refractivity contribution >= 4 is 14.3 Å². The van der Waals surface area contributed by atoms with Crippen molar-refractivity contribution in [3.8, 4) is 5.75 Å². The van der Waals surface area contributed by atoms with Crippen LogP contribution in [0.1, 0.15) is 58.8 Å². The molecule has 0 radical (unpaired) electrons. The van der Waals surface area contributed by atoms with E-state index in [9.17, 15) is 4.79 Å². The molecule has 4 heteroatoms. The Labute approximate surface area is 136 Å². The van der Waals surface area contributed by atoms with Crippen molar-refractivity contribution < 1.29 is 14.0 Å². The van der Waals surface area contributed by atoms with E-state index in [4.69, 9.17) is 9.16 Å². The highest BCUT2D eigenvalue weighted by Gasteiger charge is 2.46. The number of ether oxygens (including phenoxy) is 1. The van der Waals surface area contributed by atoms with Crippen LogP contribution in [0, 0.1) is 0 Å². The smallest absolute Gasteiger partial charge is 0.338 e. The molecule has 0 aromatic heterocycles. The summed E-state index contributed by atoms with van der Waals surface area (Å²) >= 11 is 0. The first kappa shape index (κ1) is 18.8. The highest BCUT2D eigenvalue weighted by atomic mass is 28.4. The fourth-order valence-corrected chi connectivity index (χ4v) is 8.68. The molecule has 1 rings (SSSR count). The minimum atomic E-state index is -1.94. The van der Waals surface area contributed by atoms with Gasteiger partial charge in [-0.2, -0.15) is 0 Å². The van der Waals surface area contributed by atoms with Gasteiger partial charge < -0.3 is 9.16 Å². The zero-order valence-electron chi connectivity index (χ0n) is 15.0. The van der Waals surface area contributed by atoms with Crippen LogP contribution in [0.2, 0.25) is 16.6 Å². The summed E-state index contributed by atoms with van der Waals surface area (Å²) in [5, 5.41) is 0. The van der Waals surface area contributed by atoms with E-state index in [1.807, 2.05) is 19.1 Å². The first-order chi connectivity index (χ1) is 10.3. The monoisotopic (exact) mass is 322 g/mol. The third-order valence-electron chi connectivity index (χ3n) is 4.37. The van der Waals surface area contributed by atoms with E-state index in [2.05, 4.69) is 41.5 Å². The van der Waals surface area contributed by atoms with E-state index in [-0.39, 0.29) is 5.97 Å². The van der Waals surface area contributed by atoms with Gasteiger partial charge in [-0.15, -0.1) is 0 Å². The summed E-state index contributed by atoms with van der Waals surface area (Å²) in [4.78, 5) is 11.7. The van der Waals surface area contributed by atoms with E-state index in [0.717, 1.165) is 5.75 Å². The number of hydrogen-bond donors (Lipinski definition) is 0. The zero-order chi connectivity index (χ0) is 16.9. The van der Waals surface area contributed by atoms with E-state index >= 15 is 0 Å². The van der Waals surface area contributed by atoms with Gasteiger partial charge in [-0.1, -0.05) is 41.5 Å². The Hall–Kier alpha value is -1.29. The van der Waals surface area contributed by atoms with Crippen molar-refractivity contribution in [2.75, 3.05) is 6.61 Å². The third kappa shape index (κ3) is 3.91. The quantitative estimate of drug-likeness (QED) is 0.497. The molecule has 0 heterocycles. The van der Waals surface area contributed by atoms with Gasteiger partial charge in [-0.25, -0.2) is 4.79 Å². The van der Waals surface area contributed by atoms with Crippen LogP contribution in [0.3, 0.4) is 0 Å². The van der Waals surface area contributed by atoms with Crippen molar-refractivity contribution in [3.05, 3.63) is 29.8 Å². The number of carbonyl (C=O) groups is 1. The molecular formula is C18H30O3Si. The molecule has 0 spiro atoms. The molecule has 0 amide bonds. The van der Waals surface area contributed by atoms with Crippen LogP contribution in [0.5, 0.6) is 5.75 Å². The highest BCUT2D eigenvalue weighted by Crippen LogP contribution is 2.42. The first-order valence-corrected chi connectivity index (χ1v) is 10.4. The summed E-state index contributed by atoms with van der Waals surface area (Å²) in [6.45, 7) is 15.8. The summed E-state index contributed by atoms with van der Waals surface area (Å²) in [5.41, 5.74) is 2.15. The largest absolute Gasteiger partial charge is 0.543 e. The minimum absolute atomic E-state index is 0.283. The molecule has 0 aliphatic rings. The maximum atomic E-state index is 11.7. The van der Waals surface area contributed by atoms with E-state index < -0.39 is 8.32 Å². The molecule has 0 fully saturated rings. The lowest BCUT2D eigenvalue weighted by Gasteiger charge is -2.42. The van der Waals surface area contributed by atoms with Crippen LogP contribution >= 0.6 is 0 Å². The Balaban J connectivity index is 3.03. The fourth-order valence-electron chi connectivity index (χ4n) is 3.43. The molecule has 0 aliphatic carbocycles. The van der Waals surface area contributed by atoms with E-state index in [0.29, 0.717) is 28.8 Å². The second-order valence-electron chi connectivity index (χ2n) is 6.66. The summed E-state index contributed by atoms with van der Waals surface area (Å²) in [7, 11) is -1.94. The molecule has 1 aromatic rings. The van der Waals surface area contributed by atoms with Crippen LogP contribution in [0.15, 0.2) is 24.3 Å². The molecule has 0 N–H and O–H groups in total. The summed E-state index contributed by atoms with van der Waals surface area (Å²) in [6, 6.07) is 7.35.